The third-order valence-corrected chi connectivity index (χ3v) is 3.76. The molecule has 116 valence electrons. The van der Waals surface area contributed by atoms with Crippen LogP contribution in [0.3, 0.4) is 0 Å². The highest BCUT2D eigenvalue weighted by Crippen LogP contribution is 2.27. The van der Waals surface area contributed by atoms with Gasteiger partial charge in [0.2, 0.25) is 5.91 Å². The molecule has 0 spiro atoms. The van der Waals surface area contributed by atoms with E-state index in [1.165, 1.54) is 17.4 Å². The van der Waals surface area contributed by atoms with Gasteiger partial charge in [0.1, 0.15) is 5.75 Å². The van der Waals surface area contributed by atoms with Gasteiger partial charge in [0.15, 0.2) is 11.7 Å². The highest BCUT2D eigenvalue weighted by molar-refractivity contribution is 7.13. The lowest BCUT2D eigenvalue weighted by Crippen LogP contribution is -2.20. The molecule has 0 bridgehead atoms. The van der Waals surface area contributed by atoms with Gasteiger partial charge in [0.05, 0.1) is 17.1 Å². The Hall–Kier alpha value is -1.83. The Morgan fingerprint density at radius 1 is 1.36 bits per heavy atom. The smallest absolute Gasteiger partial charge is 0.264 e. The molecule has 0 fully saturated rings. The number of hydrogen-bond donors (Lipinski definition) is 2. The summed E-state index contributed by atoms with van der Waals surface area (Å²) in [6, 6.07) is 4.71. The first-order valence-electron chi connectivity index (χ1n) is 6.04. The number of amides is 2. The average molecular weight is 360 g/mol. The van der Waals surface area contributed by atoms with Gasteiger partial charge in [-0.2, -0.15) is 0 Å². The SMILES string of the molecule is NC(=O)Cc1csc(NC(=O)COc2cc(Cl)ccc2Cl)n1. The van der Waals surface area contributed by atoms with Crippen molar-refractivity contribution < 1.29 is 14.3 Å². The van der Waals surface area contributed by atoms with Crippen molar-refractivity contribution in [2.45, 2.75) is 6.42 Å². The summed E-state index contributed by atoms with van der Waals surface area (Å²) in [4.78, 5) is 26.6. The molecule has 0 unspecified atom stereocenters. The number of thiazole rings is 1. The van der Waals surface area contributed by atoms with Crippen molar-refractivity contribution in [2.24, 2.45) is 5.73 Å². The molecule has 0 aliphatic carbocycles. The molecular weight excluding hydrogens is 349 g/mol. The van der Waals surface area contributed by atoms with Gasteiger partial charge in [-0.15, -0.1) is 11.3 Å². The maximum Gasteiger partial charge on any atom is 0.264 e. The minimum absolute atomic E-state index is 0.0288. The van der Waals surface area contributed by atoms with E-state index >= 15 is 0 Å². The number of aromatic nitrogens is 1. The number of rotatable bonds is 6. The summed E-state index contributed by atoms with van der Waals surface area (Å²) in [5, 5.41) is 5.38. The Balaban J connectivity index is 1.89. The van der Waals surface area contributed by atoms with Crippen LogP contribution < -0.4 is 15.8 Å². The van der Waals surface area contributed by atoms with E-state index in [1.54, 1.807) is 17.5 Å². The molecule has 0 radical (unpaired) electrons. The van der Waals surface area contributed by atoms with E-state index in [0.717, 1.165) is 0 Å². The lowest BCUT2D eigenvalue weighted by molar-refractivity contribution is -0.118. The van der Waals surface area contributed by atoms with Crippen LogP contribution in [-0.4, -0.2) is 23.4 Å². The third kappa shape index (κ3) is 4.87. The van der Waals surface area contributed by atoms with Crippen LogP contribution in [0.2, 0.25) is 10.0 Å². The molecule has 2 rings (SSSR count). The summed E-state index contributed by atoms with van der Waals surface area (Å²) in [5.41, 5.74) is 5.57. The van der Waals surface area contributed by atoms with Crippen molar-refractivity contribution >= 4 is 51.5 Å². The van der Waals surface area contributed by atoms with Gasteiger partial charge in [0, 0.05) is 16.5 Å². The second-order valence-electron chi connectivity index (χ2n) is 4.20. The van der Waals surface area contributed by atoms with Crippen molar-refractivity contribution in [3.63, 3.8) is 0 Å². The zero-order chi connectivity index (χ0) is 16.1. The number of nitrogens with zero attached hydrogens (tertiary/aromatic N) is 1. The van der Waals surface area contributed by atoms with Gasteiger partial charge in [-0.1, -0.05) is 23.2 Å². The van der Waals surface area contributed by atoms with Gasteiger partial charge in [-0.25, -0.2) is 4.98 Å². The number of ether oxygens (including phenoxy) is 1. The number of hydrogen-bond acceptors (Lipinski definition) is 5. The Morgan fingerprint density at radius 2 is 2.14 bits per heavy atom. The zero-order valence-corrected chi connectivity index (χ0v) is 13.5. The zero-order valence-electron chi connectivity index (χ0n) is 11.1. The highest BCUT2D eigenvalue weighted by Gasteiger charge is 2.10. The maximum atomic E-state index is 11.8. The summed E-state index contributed by atoms with van der Waals surface area (Å²) in [6.07, 6.45) is 0.0288. The normalized spacial score (nSPS) is 10.3. The summed E-state index contributed by atoms with van der Waals surface area (Å²) >= 11 is 12.9. The van der Waals surface area contributed by atoms with Crippen LogP contribution in [0.15, 0.2) is 23.6 Å². The largest absolute Gasteiger partial charge is 0.482 e. The summed E-state index contributed by atoms with van der Waals surface area (Å²) in [5.74, 6) is -0.573. The van der Waals surface area contributed by atoms with E-state index in [2.05, 4.69) is 10.3 Å². The molecule has 0 saturated heterocycles. The number of carbonyl (C=O) groups is 2. The predicted octanol–water partition coefficient (Wildman–Crippen LogP) is 2.50. The fraction of sp³-hybridized carbons (Fsp3) is 0.154. The second kappa shape index (κ2) is 7.44. The minimum Gasteiger partial charge on any atom is -0.482 e. The molecule has 1 heterocycles. The van der Waals surface area contributed by atoms with Crippen molar-refractivity contribution in [1.29, 1.82) is 0 Å². The molecule has 2 aromatic rings. The minimum atomic E-state index is -0.484. The van der Waals surface area contributed by atoms with E-state index in [0.29, 0.717) is 26.6 Å². The van der Waals surface area contributed by atoms with Crippen molar-refractivity contribution in [3.05, 3.63) is 39.3 Å². The standard InChI is InChI=1S/C13H11Cl2N3O3S/c14-7-1-2-9(15)10(3-7)21-5-12(20)18-13-17-8(6-22-13)4-11(16)19/h1-3,6H,4-5H2,(H2,16,19)(H,17,18,20). The number of carbonyl (C=O) groups excluding carboxylic acids is 2. The molecule has 0 atom stereocenters. The van der Waals surface area contributed by atoms with E-state index < -0.39 is 11.8 Å². The van der Waals surface area contributed by atoms with Crippen molar-refractivity contribution in [1.82, 2.24) is 4.98 Å². The van der Waals surface area contributed by atoms with Crippen LogP contribution in [0.4, 0.5) is 5.13 Å². The van der Waals surface area contributed by atoms with Crippen LogP contribution in [0.1, 0.15) is 5.69 Å². The lowest BCUT2D eigenvalue weighted by Gasteiger charge is -2.07. The summed E-state index contributed by atoms with van der Waals surface area (Å²) in [6.45, 7) is -0.245. The summed E-state index contributed by atoms with van der Waals surface area (Å²) in [7, 11) is 0. The van der Waals surface area contributed by atoms with Crippen LogP contribution in [-0.2, 0) is 16.0 Å². The maximum absolute atomic E-state index is 11.8. The Labute approximate surface area is 140 Å². The molecule has 2 amide bonds. The van der Waals surface area contributed by atoms with Crippen LogP contribution in [0.25, 0.3) is 0 Å². The number of primary amides is 1. The topological polar surface area (TPSA) is 94.3 Å². The quantitative estimate of drug-likeness (QED) is 0.828. The van der Waals surface area contributed by atoms with Crippen LogP contribution in [0.5, 0.6) is 5.75 Å². The molecule has 0 saturated carbocycles. The van der Waals surface area contributed by atoms with E-state index in [1.807, 2.05) is 0 Å². The molecule has 22 heavy (non-hydrogen) atoms. The molecule has 1 aromatic heterocycles. The predicted molar refractivity (Wildman–Crippen MR) is 85.6 cm³/mol. The number of halogens is 2. The van der Waals surface area contributed by atoms with Crippen LogP contribution in [0, 0.1) is 0 Å². The van der Waals surface area contributed by atoms with Gasteiger partial charge >= 0.3 is 0 Å². The van der Waals surface area contributed by atoms with E-state index in [-0.39, 0.29) is 13.0 Å². The fourth-order valence-corrected chi connectivity index (χ4v) is 2.57. The number of benzene rings is 1. The van der Waals surface area contributed by atoms with E-state index in [9.17, 15) is 9.59 Å². The summed E-state index contributed by atoms with van der Waals surface area (Å²) < 4.78 is 5.30. The molecule has 0 aliphatic rings. The first-order valence-corrected chi connectivity index (χ1v) is 7.68. The molecule has 9 heteroatoms. The van der Waals surface area contributed by atoms with Crippen molar-refractivity contribution in [2.75, 3.05) is 11.9 Å². The molecule has 3 N–H and O–H groups in total. The third-order valence-electron chi connectivity index (χ3n) is 2.41. The van der Waals surface area contributed by atoms with E-state index in [4.69, 9.17) is 33.7 Å². The number of nitrogens with one attached hydrogen (secondary N) is 1. The Bertz CT molecular complexity index is 706. The Morgan fingerprint density at radius 3 is 2.86 bits per heavy atom. The molecule has 1 aromatic carbocycles. The van der Waals surface area contributed by atoms with Crippen LogP contribution >= 0.6 is 34.5 Å². The second-order valence-corrected chi connectivity index (χ2v) is 5.90. The average Bonchev–Trinajstić information content (AvgIpc) is 2.86. The Kier molecular flexibility index (Phi) is 5.59. The van der Waals surface area contributed by atoms with Crippen molar-refractivity contribution in [3.8, 4) is 5.75 Å². The monoisotopic (exact) mass is 359 g/mol. The van der Waals surface area contributed by atoms with Gasteiger partial charge in [0.25, 0.3) is 5.91 Å². The molecule has 6 nitrogen and oxygen atoms in total. The fourth-order valence-electron chi connectivity index (χ4n) is 1.51. The first-order chi connectivity index (χ1) is 10.4. The van der Waals surface area contributed by atoms with Gasteiger partial charge < -0.3 is 10.5 Å². The first kappa shape index (κ1) is 16.5. The van der Waals surface area contributed by atoms with Gasteiger partial charge in [-0.05, 0) is 12.1 Å². The number of nitrogens with two attached hydrogens (primary N) is 1. The number of anilines is 1. The van der Waals surface area contributed by atoms with Gasteiger partial charge in [-0.3, -0.25) is 14.9 Å². The molecular formula is C13H11Cl2N3O3S. The lowest BCUT2D eigenvalue weighted by atomic mass is 10.3. The highest BCUT2D eigenvalue weighted by atomic mass is 35.5. The molecule has 0 aliphatic heterocycles.